The third-order valence-electron chi connectivity index (χ3n) is 3.08. The molecule has 100 valence electrons. The van der Waals surface area contributed by atoms with E-state index >= 15 is 0 Å². The molecule has 2 aromatic carbocycles. The zero-order valence-corrected chi connectivity index (χ0v) is 11.4. The molecule has 0 saturated carbocycles. The Balaban J connectivity index is 2.36. The van der Waals surface area contributed by atoms with E-state index in [1.807, 2.05) is 37.3 Å². The highest BCUT2D eigenvalue weighted by Gasteiger charge is 2.13. The van der Waals surface area contributed by atoms with E-state index in [9.17, 15) is 5.11 Å². The fourth-order valence-electron chi connectivity index (χ4n) is 2.06. The van der Waals surface area contributed by atoms with Crippen LogP contribution in [0.15, 0.2) is 42.5 Å². The fraction of sp³-hybridized carbons (Fsp3) is 0.250. The van der Waals surface area contributed by atoms with Crippen molar-refractivity contribution in [3.63, 3.8) is 0 Å². The smallest absolute Gasteiger partial charge is 0.161 e. The molecule has 0 fully saturated rings. The molecule has 2 aromatic rings. The molecule has 0 aliphatic heterocycles. The van der Waals surface area contributed by atoms with Gasteiger partial charge in [0.1, 0.15) is 6.10 Å². The lowest BCUT2D eigenvalue weighted by Crippen LogP contribution is -2.01. The van der Waals surface area contributed by atoms with Crippen LogP contribution in [-0.2, 0) is 0 Å². The summed E-state index contributed by atoms with van der Waals surface area (Å²) in [6.07, 6.45) is -0.667. The number of ether oxygens (including phenoxy) is 2. The highest BCUT2D eigenvalue weighted by atomic mass is 16.5. The van der Waals surface area contributed by atoms with Gasteiger partial charge in [0.05, 0.1) is 14.2 Å². The summed E-state index contributed by atoms with van der Waals surface area (Å²) in [5, 5.41) is 10.4. The second-order valence-corrected chi connectivity index (χ2v) is 4.43. The van der Waals surface area contributed by atoms with Crippen molar-refractivity contribution in [1.29, 1.82) is 0 Å². The molecule has 3 nitrogen and oxygen atoms in total. The molecule has 0 amide bonds. The van der Waals surface area contributed by atoms with Gasteiger partial charge in [-0.1, -0.05) is 35.9 Å². The minimum Gasteiger partial charge on any atom is -0.493 e. The van der Waals surface area contributed by atoms with Crippen molar-refractivity contribution in [2.24, 2.45) is 0 Å². The van der Waals surface area contributed by atoms with E-state index in [1.165, 1.54) is 0 Å². The highest BCUT2D eigenvalue weighted by Crippen LogP contribution is 2.32. The first-order chi connectivity index (χ1) is 9.15. The molecule has 0 unspecified atom stereocenters. The Kier molecular flexibility index (Phi) is 4.07. The van der Waals surface area contributed by atoms with Crippen LogP contribution in [0.3, 0.4) is 0 Å². The molecular weight excluding hydrogens is 240 g/mol. The lowest BCUT2D eigenvalue weighted by molar-refractivity contribution is 0.219. The van der Waals surface area contributed by atoms with Crippen molar-refractivity contribution in [2.75, 3.05) is 14.2 Å². The lowest BCUT2D eigenvalue weighted by Gasteiger charge is -2.15. The number of rotatable bonds is 4. The van der Waals surface area contributed by atoms with Crippen LogP contribution in [0.25, 0.3) is 0 Å². The predicted octanol–water partition coefficient (Wildman–Crippen LogP) is 3.09. The average molecular weight is 258 g/mol. The molecule has 0 heterocycles. The van der Waals surface area contributed by atoms with Gasteiger partial charge in [0, 0.05) is 0 Å². The summed E-state index contributed by atoms with van der Waals surface area (Å²) < 4.78 is 10.4. The normalized spacial score (nSPS) is 12.0. The minimum absolute atomic E-state index is 0.617. The number of hydrogen-bond acceptors (Lipinski definition) is 3. The largest absolute Gasteiger partial charge is 0.493 e. The van der Waals surface area contributed by atoms with Crippen LogP contribution >= 0.6 is 0 Å². The van der Waals surface area contributed by atoms with E-state index in [0.29, 0.717) is 11.5 Å². The predicted molar refractivity (Wildman–Crippen MR) is 74.8 cm³/mol. The van der Waals surface area contributed by atoms with Gasteiger partial charge in [-0.05, 0) is 30.2 Å². The second-order valence-electron chi connectivity index (χ2n) is 4.43. The van der Waals surface area contributed by atoms with Gasteiger partial charge in [-0.15, -0.1) is 0 Å². The SMILES string of the molecule is COc1ccc([C@@H](O)c2cccc(C)c2)cc1OC. The van der Waals surface area contributed by atoms with E-state index in [-0.39, 0.29) is 0 Å². The minimum atomic E-state index is -0.667. The Hall–Kier alpha value is -2.00. The maximum Gasteiger partial charge on any atom is 0.161 e. The number of hydrogen-bond donors (Lipinski definition) is 1. The summed E-state index contributed by atoms with van der Waals surface area (Å²) in [6, 6.07) is 13.3. The van der Waals surface area contributed by atoms with Crippen LogP contribution in [-0.4, -0.2) is 19.3 Å². The van der Waals surface area contributed by atoms with Crippen LogP contribution in [0.5, 0.6) is 11.5 Å². The quantitative estimate of drug-likeness (QED) is 0.915. The molecule has 3 heteroatoms. The molecule has 0 radical (unpaired) electrons. The first-order valence-corrected chi connectivity index (χ1v) is 6.12. The van der Waals surface area contributed by atoms with E-state index in [1.54, 1.807) is 26.4 Å². The molecule has 0 saturated heterocycles. The van der Waals surface area contributed by atoms with Gasteiger partial charge >= 0.3 is 0 Å². The van der Waals surface area contributed by atoms with E-state index in [4.69, 9.17) is 9.47 Å². The van der Waals surface area contributed by atoms with Crippen LogP contribution in [0, 0.1) is 6.92 Å². The maximum atomic E-state index is 10.4. The Morgan fingerprint density at radius 1 is 0.895 bits per heavy atom. The Morgan fingerprint density at radius 3 is 2.21 bits per heavy atom. The third-order valence-corrected chi connectivity index (χ3v) is 3.08. The first kappa shape index (κ1) is 13.4. The highest BCUT2D eigenvalue weighted by molar-refractivity contribution is 5.45. The molecule has 0 spiro atoms. The van der Waals surface area contributed by atoms with Crippen molar-refractivity contribution < 1.29 is 14.6 Å². The number of aryl methyl sites for hydroxylation is 1. The van der Waals surface area contributed by atoms with Crippen molar-refractivity contribution >= 4 is 0 Å². The molecule has 0 aliphatic rings. The van der Waals surface area contributed by atoms with Crippen LogP contribution in [0.1, 0.15) is 22.8 Å². The van der Waals surface area contributed by atoms with Gasteiger partial charge in [-0.3, -0.25) is 0 Å². The van der Waals surface area contributed by atoms with E-state index < -0.39 is 6.10 Å². The summed E-state index contributed by atoms with van der Waals surface area (Å²) in [4.78, 5) is 0. The summed E-state index contributed by atoms with van der Waals surface area (Å²) in [5.41, 5.74) is 2.77. The van der Waals surface area contributed by atoms with Gasteiger partial charge in [-0.2, -0.15) is 0 Å². The van der Waals surface area contributed by atoms with Crippen LogP contribution < -0.4 is 9.47 Å². The number of benzene rings is 2. The molecule has 19 heavy (non-hydrogen) atoms. The summed E-state index contributed by atoms with van der Waals surface area (Å²) in [5.74, 6) is 1.27. The van der Waals surface area contributed by atoms with Gasteiger partial charge in [0.25, 0.3) is 0 Å². The molecule has 0 aliphatic carbocycles. The molecule has 0 aromatic heterocycles. The van der Waals surface area contributed by atoms with Gasteiger partial charge < -0.3 is 14.6 Å². The van der Waals surface area contributed by atoms with Crippen LogP contribution in [0.2, 0.25) is 0 Å². The average Bonchev–Trinajstić information content (AvgIpc) is 2.45. The monoisotopic (exact) mass is 258 g/mol. The fourth-order valence-corrected chi connectivity index (χ4v) is 2.06. The standard InChI is InChI=1S/C16H18O3/c1-11-5-4-6-12(9-11)16(17)13-7-8-14(18-2)15(10-13)19-3/h4-10,16-17H,1-3H3/t16-/m0/s1. The Labute approximate surface area is 113 Å². The topological polar surface area (TPSA) is 38.7 Å². The van der Waals surface area contributed by atoms with Crippen molar-refractivity contribution in [3.05, 3.63) is 59.2 Å². The molecular formula is C16H18O3. The number of aliphatic hydroxyl groups is 1. The Bertz CT molecular complexity index is 564. The summed E-state index contributed by atoms with van der Waals surface area (Å²) >= 11 is 0. The van der Waals surface area contributed by atoms with E-state index in [0.717, 1.165) is 16.7 Å². The molecule has 1 N–H and O–H groups in total. The number of methoxy groups -OCH3 is 2. The summed E-state index contributed by atoms with van der Waals surface area (Å²) in [6.45, 7) is 2.00. The third kappa shape index (κ3) is 2.88. The Morgan fingerprint density at radius 2 is 1.58 bits per heavy atom. The molecule has 0 bridgehead atoms. The van der Waals surface area contributed by atoms with Crippen LogP contribution in [0.4, 0.5) is 0 Å². The molecule has 1 atom stereocenters. The molecule has 2 rings (SSSR count). The number of aliphatic hydroxyl groups excluding tert-OH is 1. The first-order valence-electron chi connectivity index (χ1n) is 6.12. The van der Waals surface area contributed by atoms with Crippen molar-refractivity contribution in [3.8, 4) is 11.5 Å². The van der Waals surface area contributed by atoms with Crippen molar-refractivity contribution in [2.45, 2.75) is 13.0 Å². The van der Waals surface area contributed by atoms with Gasteiger partial charge in [-0.25, -0.2) is 0 Å². The van der Waals surface area contributed by atoms with Crippen molar-refractivity contribution in [1.82, 2.24) is 0 Å². The van der Waals surface area contributed by atoms with E-state index in [2.05, 4.69) is 0 Å². The second kappa shape index (κ2) is 5.76. The van der Waals surface area contributed by atoms with Gasteiger partial charge in [0.15, 0.2) is 11.5 Å². The lowest BCUT2D eigenvalue weighted by atomic mass is 10.00. The maximum absolute atomic E-state index is 10.4. The zero-order valence-electron chi connectivity index (χ0n) is 11.4. The zero-order chi connectivity index (χ0) is 13.8. The summed E-state index contributed by atoms with van der Waals surface area (Å²) in [7, 11) is 3.18. The van der Waals surface area contributed by atoms with Gasteiger partial charge in [0.2, 0.25) is 0 Å².